The third kappa shape index (κ3) is 3.19. The Morgan fingerprint density at radius 3 is 2.33 bits per heavy atom. The van der Waals surface area contributed by atoms with E-state index in [4.69, 9.17) is 0 Å². The Kier molecular flexibility index (Phi) is 4.66. The standard InChI is InChI=1S/C24H24/c1-4-20(21-14-12-19(2)13-15-21)16-17-23-11-8-18-24(23,3)22-9-6-5-7-10-22/h4-18H,1-3H3/b17-16-,20-4+. The molecule has 0 radical (unpaired) electrons. The minimum Gasteiger partial charge on any atom is -0.0798 e. The molecule has 1 aliphatic rings. The Morgan fingerprint density at radius 2 is 1.67 bits per heavy atom. The monoisotopic (exact) mass is 312 g/mol. The Labute approximate surface area is 145 Å². The molecule has 3 rings (SSSR count). The van der Waals surface area contributed by atoms with Crippen molar-refractivity contribution in [1.29, 1.82) is 0 Å². The zero-order valence-corrected chi connectivity index (χ0v) is 14.7. The Bertz CT molecular complexity index is 814. The van der Waals surface area contributed by atoms with E-state index in [0.717, 1.165) is 0 Å². The lowest BCUT2D eigenvalue weighted by atomic mass is 9.78. The van der Waals surface area contributed by atoms with E-state index < -0.39 is 0 Å². The Morgan fingerprint density at radius 1 is 0.958 bits per heavy atom. The molecular weight excluding hydrogens is 288 g/mol. The summed E-state index contributed by atoms with van der Waals surface area (Å²) in [5.41, 5.74) is 6.39. The average Bonchev–Trinajstić information content (AvgIpc) is 3.00. The van der Waals surface area contributed by atoms with E-state index in [1.54, 1.807) is 0 Å². The molecule has 2 aromatic carbocycles. The van der Waals surface area contributed by atoms with Crippen molar-refractivity contribution in [1.82, 2.24) is 0 Å². The van der Waals surface area contributed by atoms with Crippen LogP contribution < -0.4 is 0 Å². The van der Waals surface area contributed by atoms with Gasteiger partial charge in [-0.3, -0.25) is 0 Å². The summed E-state index contributed by atoms with van der Waals surface area (Å²) in [4.78, 5) is 0. The summed E-state index contributed by atoms with van der Waals surface area (Å²) >= 11 is 0. The SMILES string of the molecule is C/C=C(\C=C/C1=CC=CC1(C)c1ccccc1)c1ccc(C)cc1. The maximum absolute atomic E-state index is 2.28. The number of aryl methyl sites for hydroxylation is 1. The molecule has 2 aromatic rings. The van der Waals surface area contributed by atoms with Gasteiger partial charge in [0.15, 0.2) is 0 Å². The molecule has 0 bridgehead atoms. The molecule has 0 fully saturated rings. The molecule has 0 aliphatic heterocycles. The number of allylic oxidation sites excluding steroid dienone is 8. The van der Waals surface area contributed by atoms with Gasteiger partial charge in [0, 0.05) is 5.41 Å². The highest BCUT2D eigenvalue weighted by atomic mass is 14.3. The van der Waals surface area contributed by atoms with Gasteiger partial charge in [-0.1, -0.05) is 96.6 Å². The molecule has 0 spiro atoms. The first-order valence-electron chi connectivity index (χ1n) is 8.50. The second kappa shape index (κ2) is 6.88. The second-order valence-electron chi connectivity index (χ2n) is 6.49. The highest BCUT2D eigenvalue weighted by Gasteiger charge is 2.28. The second-order valence-corrected chi connectivity index (χ2v) is 6.49. The lowest BCUT2D eigenvalue weighted by molar-refractivity contribution is 0.735. The zero-order chi connectivity index (χ0) is 17.0. The van der Waals surface area contributed by atoms with E-state index >= 15 is 0 Å². The maximum Gasteiger partial charge on any atom is 0.0356 e. The maximum atomic E-state index is 2.28. The van der Waals surface area contributed by atoms with Crippen LogP contribution in [0.4, 0.5) is 0 Å². The fourth-order valence-corrected chi connectivity index (χ4v) is 3.17. The van der Waals surface area contributed by atoms with Crippen molar-refractivity contribution in [3.05, 3.63) is 113 Å². The predicted molar refractivity (Wildman–Crippen MR) is 105 cm³/mol. The van der Waals surface area contributed by atoms with Crippen LogP contribution in [0.5, 0.6) is 0 Å². The van der Waals surface area contributed by atoms with Gasteiger partial charge in [0.05, 0.1) is 0 Å². The normalized spacial score (nSPS) is 20.6. The van der Waals surface area contributed by atoms with Gasteiger partial charge in [-0.2, -0.15) is 0 Å². The smallest absolute Gasteiger partial charge is 0.0356 e. The zero-order valence-electron chi connectivity index (χ0n) is 14.7. The van der Waals surface area contributed by atoms with Gasteiger partial charge >= 0.3 is 0 Å². The molecule has 1 unspecified atom stereocenters. The van der Waals surface area contributed by atoms with Gasteiger partial charge in [-0.05, 0) is 43.0 Å². The summed E-state index contributed by atoms with van der Waals surface area (Å²) in [6.07, 6.45) is 13.3. The van der Waals surface area contributed by atoms with Gasteiger partial charge in [-0.15, -0.1) is 0 Å². The largest absolute Gasteiger partial charge is 0.0798 e. The predicted octanol–water partition coefficient (Wildman–Crippen LogP) is 6.41. The van der Waals surface area contributed by atoms with Crippen molar-refractivity contribution in [3.8, 4) is 0 Å². The molecule has 0 saturated heterocycles. The van der Waals surface area contributed by atoms with Crippen LogP contribution in [-0.4, -0.2) is 0 Å². The summed E-state index contributed by atoms with van der Waals surface area (Å²) in [5.74, 6) is 0. The molecule has 0 amide bonds. The first-order valence-corrected chi connectivity index (χ1v) is 8.50. The molecule has 1 atom stereocenters. The van der Waals surface area contributed by atoms with E-state index in [0.29, 0.717) is 0 Å². The topological polar surface area (TPSA) is 0 Å². The van der Waals surface area contributed by atoms with Crippen LogP contribution in [0, 0.1) is 6.92 Å². The van der Waals surface area contributed by atoms with Gasteiger partial charge in [-0.25, -0.2) is 0 Å². The highest BCUT2D eigenvalue weighted by molar-refractivity contribution is 5.75. The van der Waals surface area contributed by atoms with Gasteiger partial charge < -0.3 is 0 Å². The van der Waals surface area contributed by atoms with Crippen molar-refractivity contribution in [2.45, 2.75) is 26.2 Å². The summed E-state index contributed by atoms with van der Waals surface area (Å²) in [6, 6.07) is 19.4. The lowest BCUT2D eigenvalue weighted by Gasteiger charge is -2.25. The fraction of sp³-hybridized carbons (Fsp3) is 0.167. The van der Waals surface area contributed by atoms with E-state index in [-0.39, 0.29) is 5.41 Å². The summed E-state index contributed by atoms with van der Waals surface area (Å²) in [6.45, 7) is 6.50. The van der Waals surface area contributed by atoms with Crippen molar-refractivity contribution in [3.63, 3.8) is 0 Å². The third-order valence-electron chi connectivity index (χ3n) is 4.82. The first-order chi connectivity index (χ1) is 11.6. The van der Waals surface area contributed by atoms with Gasteiger partial charge in [0.2, 0.25) is 0 Å². The third-order valence-corrected chi connectivity index (χ3v) is 4.82. The van der Waals surface area contributed by atoms with Crippen molar-refractivity contribution in [2.24, 2.45) is 0 Å². The van der Waals surface area contributed by atoms with Crippen molar-refractivity contribution >= 4 is 5.57 Å². The molecule has 0 heteroatoms. The Balaban J connectivity index is 1.87. The highest BCUT2D eigenvalue weighted by Crippen LogP contribution is 2.38. The average molecular weight is 312 g/mol. The van der Waals surface area contributed by atoms with Crippen LogP contribution in [-0.2, 0) is 5.41 Å². The minimum absolute atomic E-state index is 0.0517. The molecule has 1 aliphatic carbocycles. The van der Waals surface area contributed by atoms with Crippen LogP contribution in [0.2, 0.25) is 0 Å². The molecule has 0 saturated carbocycles. The van der Waals surface area contributed by atoms with Crippen molar-refractivity contribution in [2.75, 3.05) is 0 Å². The molecule has 120 valence electrons. The number of hydrogen-bond donors (Lipinski definition) is 0. The molecule has 0 aromatic heterocycles. The molecule has 0 heterocycles. The van der Waals surface area contributed by atoms with Crippen LogP contribution >= 0.6 is 0 Å². The number of benzene rings is 2. The van der Waals surface area contributed by atoms with Gasteiger partial charge in [0.25, 0.3) is 0 Å². The number of rotatable bonds is 4. The molecular formula is C24H24. The summed E-state index contributed by atoms with van der Waals surface area (Å²) < 4.78 is 0. The van der Waals surface area contributed by atoms with Crippen LogP contribution in [0.15, 0.2) is 96.6 Å². The van der Waals surface area contributed by atoms with E-state index in [2.05, 4.69) is 112 Å². The first kappa shape index (κ1) is 16.3. The molecule has 24 heavy (non-hydrogen) atoms. The lowest BCUT2D eigenvalue weighted by Crippen LogP contribution is -2.18. The Hall–Kier alpha value is -2.60. The molecule has 0 N–H and O–H groups in total. The van der Waals surface area contributed by atoms with E-state index in [1.165, 1.54) is 27.8 Å². The quantitative estimate of drug-likeness (QED) is 0.572. The van der Waals surface area contributed by atoms with Crippen molar-refractivity contribution < 1.29 is 0 Å². The number of hydrogen-bond acceptors (Lipinski definition) is 0. The minimum atomic E-state index is -0.0517. The summed E-state index contributed by atoms with van der Waals surface area (Å²) in [5, 5.41) is 0. The summed E-state index contributed by atoms with van der Waals surface area (Å²) in [7, 11) is 0. The van der Waals surface area contributed by atoms with Gasteiger partial charge in [0.1, 0.15) is 0 Å². The van der Waals surface area contributed by atoms with Crippen LogP contribution in [0.1, 0.15) is 30.5 Å². The molecule has 0 nitrogen and oxygen atoms in total. The van der Waals surface area contributed by atoms with E-state index in [9.17, 15) is 0 Å². The fourth-order valence-electron chi connectivity index (χ4n) is 3.17. The van der Waals surface area contributed by atoms with Crippen LogP contribution in [0.3, 0.4) is 0 Å². The van der Waals surface area contributed by atoms with E-state index in [1.807, 2.05) is 0 Å². The van der Waals surface area contributed by atoms with Crippen LogP contribution in [0.25, 0.3) is 5.57 Å².